The van der Waals surface area contributed by atoms with E-state index < -0.39 is 19.0 Å². The molecule has 0 aromatic carbocycles. The summed E-state index contributed by atoms with van der Waals surface area (Å²) in [6, 6.07) is 0. The minimum absolute atomic E-state index is 0.0328. The van der Waals surface area contributed by atoms with Gasteiger partial charge in [0.1, 0.15) is 5.82 Å². The summed E-state index contributed by atoms with van der Waals surface area (Å²) in [6.07, 6.45) is -5.41. The van der Waals surface area contributed by atoms with Crippen molar-refractivity contribution in [1.29, 1.82) is 0 Å². The topological polar surface area (TPSA) is 68.9 Å². The Balaban J connectivity index is 3.02. The molecule has 2 N–H and O–H groups in total. The van der Waals surface area contributed by atoms with Gasteiger partial charge in [0.25, 0.3) is 0 Å². The molecular weight excluding hydrogens is 271 g/mol. The number of aldehydes is 1. The highest BCUT2D eigenvalue weighted by Gasteiger charge is 2.27. The number of nitrogen functional groups attached to an aromatic ring is 1. The second kappa shape index (κ2) is 5.34. The van der Waals surface area contributed by atoms with Gasteiger partial charge in [-0.15, -0.1) is 0 Å². The zero-order valence-electron chi connectivity index (χ0n) is 9.09. The number of carbonyl (C=O) groups excluding carboxylic acids is 1. The monoisotopic (exact) mass is 279 g/mol. The van der Waals surface area contributed by atoms with Gasteiger partial charge in [-0.05, 0) is 23.6 Å². The summed E-state index contributed by atoms with van der Waals surface area (Å²) < 4.78 is 36.2. The number of nitrogens with zero attached hydrogens (tertiary/aromatic N) is 2. The summed E-state index contributed by atoms with van der Waals surface area (Å²) in [5.41, 5.74) is 5.30. The van der Waals surface area contributed by atoms with Crippen LogP contribution in [0.4, 0.5) is 19.0 Å². The van der Waals surface area contributed by atoms with Crippen LogP contribution in [0.25, 0.3) is 5.57 Å². The SMILES string of the molecule is C=C(CCC(F)(F)F)c1nc(Cl)nc(N)c1C=O. The molecule has 0 saturated carbocycles. The predicted molar refractivity (Wildman–Crippen MR) is 61.2 cm³/mol. The number of allylic oxidation sites excluding steroid dienone is 1. The van der Waals surface area contributed by atoms with E-state index in [9.17, 15) is 18.0 Å². The van der Waals surface area contributed by atoms with Crippen LogP contribution in [0.1, 0.15) is 28.9 Å². The Morgan fingerprint density at radius 2 is 2.06 bits per heavy atom. The molecule has 1 heterocycles. The van der Waals surface area contributed by atoms with Crippen molar-refractivity contribution in [1.82, 2.24) is 9.97 Å². The molecule has 0 unspecified atom stereocenters. The molecule has 0 aliphatic carbocycles. The maximum atomic E-state index is 12.1. The third-order valence-corrected chi connectivity index (χ3v) is 2.28. The number of aromatic nitrogens is 2. The number of carbonyl (C=O) groups is 1. The normalized spacial score (nSPS) is 11.3. The highest BCUT2D eigenvalue weighted by Crippen LogP contribution is 2.29. The molecule has 0 spiro atoms. The van der Waals surface area contributed by atoms with Crippen LogP contribution in [0.3, 0.4) is 0 Å². The maximum absolute atomic E-state index is 12.1. The van der Waals surface area contributed by atoms with E-state index in [2.05, 4.69) is 16.5 Å². The quantitative estimate of drug-likeness (QED) is 0.680. The summed E-state index contributed by atoms with van der Waals surface area (Å²) >= 11 is 5.53. The lowest BCUT2D eigenvalue weighted by Crippen LogP contribution is -2.09. The van der Waals surface area contributed by atoms with Crippen LogP contribution >= 0.6 is 11.6 Å². The van der Waals surface area contributed by atoms with Gasteiger partial charge in [-0.3, -0.25) is 4.79 Å². The van der Waals surface area contributed by atoms with Crippen molar-refractivity contribution >= 4 is 29.3 Å². The molecule has 0 aliphatic rings. The number of halogens is 4. The van der Waals surface area contributed by atoms with Gasteiger partial charge in [0.05, 0.1) is 11.3 Å². The molecule has 0 atom stereocenters. The molecule has 0 amide bonds. The Hall–Kier alpha value is -1.63. The predicted octanol–water partition coefficient (Wildman–Crippen LogP) is 2.88. The second-order valence-corrected chi connectivity index (χ2v) is 3.81. The molecule has 0 radical (unpaired) electrons. The summed E-state index contributed by atoms with van der Waals surface area (Å²) in [7, 11) is 0. The molecular formula is C10H9ClF3N3O. The van der Waals surface area contributed by atoms with E-state index in [-0.39, 0.29) is 27.9 Å². The van der Waals surface area contributed by atoms with E-state index in [1.165, 1.54) is 0 Å². The smallest absolute Gasteiger partial charge is 0.383 e. The lowest BCUT2D eigenvalue weighted by atomic mass is 10.0. The van der Waals surface area contributed by atoms with Crippen molar-refractivity contribution in [2.75, 3.05) is 5.73 Å². The van der Waals surface area contributed by atoms with Gasteiger partial charge in [0, 0.05) is 6.42 Å². The van der Waals surface area contributed by atoms with Gasteiger partial charge in [0.2, 0.25) is 5.28 Å². The Labute approximate surface area is 106 Å². The van der Waals surface area contributed by atoms with Crippen LogP contribution in [0, 0.1) is 0 Å². The van der Waals surface area contributed by atoms with E-state index in [4.69, 9.17) is 17.3 Å². The average molecular weight is 280 g/mol. The van der Waals surface area contributed by atoms with E-state index in [0.29, 0.717) is 6.29 Å². The van der Waals surface area contributed by atoms with E-state index >= 15 is 0 Å². The molecule has 1 aromatic rings. The first kappa shape index (κ1) is 14.4. The number of hydrogen-bond donors (Lipinski definition) is 1. The minimum Gasteiger partial charge on any atom is -0.383 e. The summed E-state index contributed by atoms with van der Waals surface area (Å²) in [5.74, 6) is -0.187. The molecule has 4 nitrogen and oxygen atoms in total. The van der Waals surface area contributed by atoms with Crippen LogP contribution in [0.15, 0.2) is 6.58 Å². The van der Waals surface area contributed by atoms with Crippen molar-refractivity contribution in [2.24, 2.45) is 0 Å². The molecule has 0 aliphatic heterocycles. The molecule has 18 heavy (non-hydrogen) atoms. The molecule has 0 saturated heterocycles. The molecule has 0 fully saturated rings. The van der Waals surface area contributed by atoms with E-state index in [1.54, 1.807) is 0 Å². The van der Waals surface area contributed by atoms with Crippen LogP contribution < -0.4 is 5.73 Å². The minimum atomic E-state index is -4.31. The van der Waals surface area contributed by atoms with Crippen LogP contribution in [-0.2, 0) is 0 Å². The number of rotatable bonds is 4. The van der Waals surface area contributed by atoms with Gasteiger partial charge in [-0.2, -0.15) is 13.2 Å². The Morgan fingerprint density at radius 1 is 1.44 bits per heavy atom. The molecule has 8 heteroatoms. The first-order chi connectivity index (χ1) is 8.24. The zero-order valence-corrected chi connectivity index (χ0v) is 9.85. The fourth-order valence-corrected chi connectivity index (χ4v) is 1.43. The summed E-state index contributed by atoms with van der Waals surface area (Å²) in [4.78, 5) is 18.0. The van der Waals surface area contributed by atoms with Crippen molar-refractivity contribution in [3.8, 4) is 0 Å². The van der Waals surface area contributed by atoms with Crippen LogP contribution in [0.5, 0.6) is 0 Å². The third kappa shape index (κ3) is 3.69. The fourth-order valence-electron chi connectivity index (χ4n) is 1.26. The second-order valence-electron chi connectivity index (χ2n) is 3.48. The van der Waals surface area contributed by atoms with Crippen molar-refractivity contribution in [2.45, 2.75) is 19.0 Å². The Morgan fingerprint density at radius 3 is 2.56 bits per heavy atom. The van der Waals surface area contributed by atoms with Gasteiger partial charge >= 0.3 is 6.18 Å². The molecule has 0 bridgehead atoms. The fraction of sp³-hybridized carbons (Fsp3) is 0.300. The standard InChI is InChI=1S/C10H9ClF3N3O/c1-5(2-3-10(12,13)14)7-6(4-18)8(15)17-9(11)16-7/h4H,1-3H2,(H2,15,16,17). The van der Waals surface area contributed by atoms with Crippen LogP contribution in [-0.4, -0.2) is 22.4 Å². The highest BCUT2D eigenvalue weighted by atomic mass is 35.5. The van der Waals surface area contributed by atoms with Crippen molar-refractivity contribution in [3.05, 3.63) is 23.1 Å². The van der Waals surface area contributed by atoms with Gasteiger partial charge in [-0.1, -0.05) is 6.58 Å². The average Bonchev–Trinajstić information content (AvgIpc) is 2.24. The van der Waals surface area contributed by atoms with Gasteiger partial charge in [0.15, 0.2) is 6.29 Å². The first-order valence-electron chi connectivity index (χ1n) is 4.77. The zero-order chi connectivity index (χ0) is 13.9. The van der Waals surface area contributed by atoms with Crippen molar-refractivity contribution < 1.29 is 18.0 Å². The number of alkyl halides is 3. The van der Waals surface area contributed by atoms with Crippen molar-refractivity contribution in [3.63, 3.8) is 0 Å². The lowest BCUT2D eigenvalue weighted by Gasteiger charge is -2.10. The Kier molecular flexibility index (Phi) is 4.28. The largest absolute Gasteiger partial charge is 0.389 e. The number of hydrogen-bond acceptors (Lipinski definition) is 4. The number of nitrogens with two attached hydrogens (primary N) is 1. The van der Waals surface area contributed by atoms with Gasteiger partial charge < -0.3 is 5.73 Å². The van der Waals surface area contributed by atoms with E-state index in [0.717, 1.165) is 0 Å². The van der Waals surface area contributed by atoms with Crippen LogP contribution in [0.2, 0.25) is 5.28 Å². The number of anilines is 1. The van der Waals surface area contributed by atoms with E-state index in [1.807, 2.05) is 0 Å². The third-order valence-electron chi connectivity index (χ3n) is 2.11. The Bertz CT molecular complexity index is 488. The summed E-state index contributed by atoms with van der Waals surface area (Å²) in [6.45, 7) is 3.46. The first-order valence-corrected chi connectivity index (χ1v) is 5.15. The lowest BCUT2D eigenvalue weighted by molar-refractivity contribution is -0.133. The molecule has 1 rings (SSSR count). The van der Waals surface area contributed by atoms with Gasteiger partial charge in [-0.25, -0.2) is 9.97 Å². The maximum Gasteiger partial charge on any atom is 0.389 e. The highest BCUT2D eigenvalue weighted by molar-refractivity contribution is 6.28. The summed E-state index contributed by atoms with van der Waals surface area (Å²) in [5, 5.41) is -0.249. The molecule has 1 aromatic heterocycles. The molecule has 98 valence electrons.